The third-order valence-corrected chi connectivity index (χ3v) is 11.2. The Hall–Kier alpha value is -5.21. The van der Waals surface area contributed by atoms with Crippen LogP contribution in [0.2, 0.25) is 0 Å². The molecule has 0 fully saturated rings. The van der Waals surface area contributed by atoms with E-state index in [1.165, 1.54) is 66.1 Å². The van der Waals surface area contributed by atoms with Gasteiger partial charge in [-0.25, -0.2) is 0 Å². The summed E-state index contributed by atoms with van der Waals surface area (Å²) in [6, 6.07) is 54.4. The average molecular weight is 905 g/mol. The normalized spacial score (nSPS) is 13.0. The number of rotatable bonds is 3. The van der Waals surface area contributed by atoms with E-state index in [0.717, 1.165) is 22.5 Å². The van der Waals surface area contributed by atoms with E-state index < -0.39 is 0 Å². The van der Waals surface area contributed by atoms with Gasteiger partial charge in [-0.3, -0.25) is 0 Å². The number of pyridine rings is 2. The van der Waals surface area contributed by atoms with E-state index in [-0.39, 0.29) is 36.4 Å². The van der Waals surface area contributed by atoms with Gasteiger partial charge >= 0.3 is 0 Å². The van der Waals surface area contributed by atoms with Crippen molar-refractivity contribution in [1.29, 1.82) is 0 Å². The van der Waals surface area contributed by atoms with Crippen LogP contribution in [0.3, 0.4) is 0 Å². The Morgan fingerprint density at radius 1 is 0.536 bits per heavy atom. The fraction of sp³-hybridized carbons (Fsp3) is 0.208. The summed E-state index contributed by atoms with van der Waals surface area (Å²) in [7, 11) is 0. The molecule has 0 amide bonds. The molecule has 9 rings (SSSR count). The number of aromatic nitrogens is 2. The number of nitrogens with zero attached hydrogens (tertiary/aromatic N) is 2. The van der Waals surface area contributed by atoms with Gasteiger partial charge in [-0.15, -0.1) is 64.5 Å². The van der Waals surface area contributed by atoms with Gasteiger partial charge in [-0.1, -0.05) is 140 Å². The van der Waals surface area contributed by atoms with Crippen molar-refractivity contribution in [2.45, 2.75) is 71.6 Å². The molecule has 0 saturated carbocycles. The van der Waals surface area contributed by atoms with Gasteiger partial charge in [0.25, 0.3) is 0 Å². The number of benzene rings is 6. The molecule has 3 heteroatoms. The van der Waals surface area contributed by atoms with Gasteiger partial charge in [0.1, 0.15) is 0 Å². The van der Waals surface area contributed by atoms with E-state index in [2.05, 4.69) is 194 Å². The quantitative estimate of drug-likeness (QED) is 0.165. The van der Waals surface area contributed by atoms with Crippen LogP contribution in [0.15, 0.2) is 146 Å². The standard InChI is InChI=1S/C32H28N.C21H20N.Ir/c1-31(2,3)23-13-14-24-22(17-23)11-8-12-26(24)30-29-25(15-16-33-30)27-18-20-9-6-7-10-21(20)19-28(27)32(29,4)5;1-21(2,3)19-12-13-22-20(15-19)18-11-7-10-17(14-18)16-8-5-4-6-9-16;/h6-11,13-19H,1-5H3;4-10,12-15H,1-3H3;/q2*-1;. The zero-order chi connectivity index (χ0) is 38.5. The van der Waals surface area contributed by atoms with Gasteiger partial charge in [-0.05, 0) is 96.2 Å². The first-order chi connectivity index (χ1) is 26.3. The van der Waals surface area contributed by atoms with Crippen molar-refractivity contribution < 1.29 is 20.1 Å². The average Bonchev–Trinajstić information content (AvgIpc) is 3.41. The maximum absolute atomic E-state index is 4.96. The molecule has 281 valence electrons. The Morgan fingerprint density at radius 3 is 1.93 bits per heavy atom. The van der Waals surface area contributed by atoms with E-state index in [9.17, 15) is 0 Å². The van der Waals surface area contributed by atoms with Crippen LogP contribution in [0.5, 0.6) is 0 Å². The number of fused-ring (bicyclic) bond motifs is 5. The molecular formula is C53H48IrN2-2. The summed E-state index contributed by atoms with van der Waals surface area (Å²) in [4.78, 5) is 9.49. The van der Waals surface area contributed by atoms with Crippen molar-refractivity contribution in [3.63, 3.8) is 0 Å². The second-order valence-corrected chi connectivity index (χ2v) is 17.4. The zero-order valence-electron chi connectivity index (χ0n) is 33.6. The molecule has 0 unspecified atom stereocenters. The third-order valence-electron chi connectivity index (χ3n) is 11.2. The summed E-state index contributed by atoms with van der Waals surface area (Å²) in [5.74, 6) is 0. The molecule has 0 aliphatic heterocycles. The molecule has 0 spiro atoms. The summed E-state index contributed by atoms with van der Waals surface area (Å²) in [5.41, 5.74) is 14.6. The van der Waals surface area contributed by atoms with Crippen molar-refractivity contribution in [2.75, 3.05) is 0 Å². The van der Waals surface area contributed by atoms with Gasteiger partial charge in [0.2, 0.25) is 0 Å². The minimum absolute atomic E-state index is 0. The van der Waals surface area contributed by atoms with Crippen LogP contribution in [0.1, 0.15) is 77.6 Å². The molecule has 0 saturated heterocycles. The van der Waals surface area contributed by atoms with Crippen molar-refractivity contribution >= 4 is 21.5 Å². The van der Waals surface area contributed by atoms with Crippen LogP contribution >= 0.6 is 0 Å². The van der Waals surface area contributed by atoms with Crippen molar-refractivity contribution in [3.8, 4) is 44.8 Å². The summed E-state index contributed by atoms with van der Waals surface area (Å²) >= 11 is 0. The monoisotopic (exact) mass is 905 g/mol. The van der Waals surface area contributed by atoms with E-state index in [1.54, 1.807) is 0 Å². The molecule has 0 N–H and O–H groups in total. The first kappa shape index (κ1) is 39.0. The first-order valence-corrected chi connectivity index (χ1v) is 19.3. The number of hydrogen-bond donors (Lipinski definition) is 0. The Labute approximate surface area is 346 Å². The predicted molar refractivity (Wildman–Crippen MR) is 232 cm³/mol. The van der Waals surface area contributed by atoms with Crippen molar-refractivity contribution in [2.24, 2.45) is 0 Å². The van der Waals surface area contributed by atoms with Gasteiger partial charge < -0.3 is 9.97 Å². The zero-order valence-corrected chi connectivity index (χ0v) is 36.0. The van der Waals surface area contributed by atoms with Gasteiger partial charge in [-0.2, -0.15) is 0 Å². The molecule has 56 heavy (non-hydrogen) atoms. The molecule has 8 aromatic rings. The van der Waals surface area contributed by atoms with Gasteiger partial charge in [0.05, 0.1) is 0 Å². The van der Waals surface area contributed by atoms with Crippen molar-refractivity contribution in [1.82, 2.24) is 9.97 Å². The Morgan fingerprint density at radius 2 is 1.20 bits per heavy atom. The van der Waals surface area contributed by atoms with E-state index in [1.807, 2.05) is 24.5 Å². The fourth-order valence-electron chi connectivity index (χ4n) is 7.98. The molecule has 2 aromatic heterocycles. The van der Waals surface area contributed by atoms with Gasteiger partial charge in [0.15, 0.2) is 0 Å². The minimum Gasteiger partial charge on any atom is -0.305 e. The third kappa shape index (κ3) is 7.39. The smallest absolute Gasteiger partial charge is 0.0167 e. The molecule has 1 aliphatic carbocycles. The summed E-state index contributed by atoms with van der Waals surface area (Å²) in [6.45, 7) is 18.1. The van der Waals surface area contributed by atoms with Crippen LogP contribution in [0, 0.1) is 12.1 Å². The molecular weight excluding hydrogens is 857 g/mol. The Kier molecular flexibility index (Phi) is 10.5. The summed E-state index contributed by atoms with van der Waals surface area (Å²) in [6.07, 6.45) is 3.85. The summed E-state index contributed by atoms with van der Waals surface area (Å²) in [5, 5.41) is 5.03. The Bertz CT molecular complexity index is 2690. The minimum atomic E-state index is -0.139. The second-order valence-electron chi connectivity index (χ2n) is 17.4. The fourth-order valence-corrected chi connectivity index (χ4v) is 7.98. The van der Waals surface area contributed by atoms with Crippen LogP contribution in [-0.4, -0.2) is 9.97 Å². The largest absolute Gasteiger partial charge is 0.305 e. The molecule has 0 bridgehead atoms. The summed E-state index contributed by atoms with van der Waals surface area (Å²) < 4.78 is 0. The molecule has 1 radical (unpaired) electrons. The van der Waals surface area contributed by atoms with Crippen LogP contribution in [0.4, 0.5) is 0 Å². The van der Waals surface area contributed by atoms with Gasteiger partial charge in [0, 0.05) is 37.9 Å². The Balaban J connectivity index is 0.000000183. The first-order valence-electron chi connectivity index (χ1n) is 19.3. The maximum Gasteiger partial charge on any atom is 0.0167 e. The SMILES string of the molecule is CC(C)(C)c1ccc2c(-c3nccc4c3C(C)(C)c3cc5ccccc5cc3-4)[c-]ccc2c1.CC(C)(C)c1ccnc(-c2[c-]ccc(-c3ccccc3)c2)c1.[Ir]. The maximum atomic E-state index is 4.96. The number of hydrogen-bond acceptors (Lipinski definition) is 2. The molecule has 6 aromatic carbocycles. The van der Waals surface area contributed by atoms with Crippen molar-refractivity contribution in [3.05, 3.63) is 180 Å². The van der Waals surface area contributed by atoms with E-state index in [0.29, 0.717) is 0 Å². The predicted octanol–water partition coefficient (Wildman–Crippen LogP) is 14.0. The van der Waals surface area contributed by atoms with Crippen LogP contribution in [-0.2, 0) is 36.4 Å². The molecule has 2 nitrogen and oxygen atoms in total. The molecule has 0 atom stereocenters. The molecule has 2 heterocycles. The van der Waals surface area contributed by atoms with E-state index >= 15 is 0 Å². The second kappa shape index (κ2) is 15.0. The van der Waals surface area contributed by atoms with Crippen LogP contribution in [0.25, 0.3) is 66.3 Å². The van der Waals surface area contributed by atoms with E-state index in [4.69, 9.17) is 4.98 Å². The molecule has 1 aliphatic rings. The topological polar surface area (TPSA) is 25.8 Å². The van der Waals surface area contributed by atoms with Crippen LogP contribution < -0.4 is 0 Å².